The van der Waals surface area contributed by atoms with Crippen LogP contribution in [0.4, 0.5) is 0 Å². The van der Waals surface area contributed by atoms with Gasteiger partial charge in [-0.1, -0.05) is 12.1 Å². The number of nitrogens with two attached hydrogens (primary N) is 1. The molecule has 22 heavy (non-hydrogen) atoms. The van der Waals surface area contributed by atoms with Crippen LogP contribution in [0.25, 0.3) is 10.9 Å². The number of aliphatic hydroxyl groups excluding tert-OH is 1. The van der Waals surface area contributed by atoms with Crippen molar-refractivity contribution >= 4 is 16.8 Å². The third-order valence-electron chi connectivity index (χ3n) is 4.44. The first-order valence-electron chi connectivity index (χ1n) is 7.67. The first kappa shape index (κ1) is 14.9. The Balaban J connectivity index is 1.61. The second kappa shape index (κ2) is 6.42. The lowest BCUT2D eigenvalue weighted by atomic mass is 9.90. The van der Waals surface area contributed by atoms with Crippen molar-refractivity contribution in [3.05, 3.63) is 42.1 Å². The van der Waals surface area contributed by atoms with Crippen LogP contribution in [0.1, 0.15) is 18.4 Å². The maximum Gasteiger partial charge on any atom is 0.246 e. The second-order valence-electron chi connectivity index (χ2n) is 5.99. The van der Waals surface area contributed by atoms with Crippen molar-refractivity contribution in [3.63, 3.8) is 0 Å². The van der Waals surface area contributed by atoms with Crippen molar-refractivity contribution in [1.29, 1.82) is 0 Å². The average molecular weight is 299 g/mol. The molecule has 116 valence electrons. The maximum atomic E-state index is 11.0. The average Bonchev–Trinajstić information content (AvgIpc) is 2.55. The summed E-state index contributed by atoms with van der Waals surface area (Å²) in [7, 11) is 0. The van der Waals surface area contributed by atoms with Gasteiger partial charge in [0.25, 0.3) is 0 Å². The zero-order chi connectivity index (χ0) is 15.5. The van der Waals surface area contributed by atoms with Gasteiger partial charge in [0.15, 0.2) is 0 Å². The zero-order valence-corrected chi connectivity index (χ0v) is 12.5. The van der Waals surface area contributed by atoms with E-state index in [0.29, 0.717) is 0 Å². The Morgan fingerprint density at radius 2 is 2.14 bits per heavy atom. The number of aliphatic hydroxyl groups is 1. The molecule has 0 bridgehead atoms. The lowest BCUT2D eigenvalue weighted by Gasteiger charge is -2.33. The lowest BCUT2D eigenvalue weighted by molar-refractivity contribution is -0.129. The van der Waals surface area contributed by atoms with Crippen LogP contribution < -0.4 is 5.73 Å². The second-order valence-corrected chi connectivity index (χ2v) is 5.99. The van der Waals surface area contributed by atoms with Gasteiger partial charge in [-0.15, -0.1) is 0 Å². The van der Waals surface area contributed by atoms with Crippen LogP contribution in [-0.4, -0.2) is 40.1 Å². The van der Waals surface area contributed by atoms with E-state index in [1.54, 1.807) is 6.20 Å². The van der Waals surface area contributed by atoms with E-state index in [1.165, 1.54) is 5.56 Å². The fraction of sp³-hybridized carbons (Fsp3) is 0.412. The number of nitrogens with zero attached hydrogens (tertiary/aromatic N) is 2. The molecule has 1 saturated heterocycles. The van der Waals surface area contributed by atoms with Crippen LogP contribution >= 0.6 is 0 Å². The van der Waals surface area contributed by atoms with E-state index >= 15 is 0 Å². The summed E-state index contributed by atoms with van der Waals surface area (Å²) >= 11 is 0. The standard InChI is InChI=1S/C17H21N3O2/c18-17(22)16(21)13-5-8-20(9-6-13)11-12-3-4-15-14(10-12)2-1-7-19-15/h1-4,7,10,13,16,21H,5-6,8-9,11H2,(H2,18,22)/t16-/m1/s1. The molecule has 1 aromatic carbocycles. The molecule has 0 spiro atoms. The molecule has 0 radical (unpaired) electrons. The van der Waals surface area contributed by atoms with E-state index in [0.717, 1.165) is 43.4 Å². The predicted molar refractivity (Wildman–Crippen MR) is 84.9 cm³/mol. The molecule has 1 amide bonds. The predicted octanol–water partition coefficient (Wildman–Crippen LogP) is 1.29. The smallest absolute Gasteiger partial charge is 0.246 e. The highest BCUT2D eigenvalue weighted by Crippen LogP contribution is 2.23. The van der Waals surface area contributed by atoms with E-state index < -0.39 is 12.0 Å². The number of aromatic nitrogens is 1. The highest BCUT2D eigenvalue weighted by atomic mass is 16.3. The Morgan fingerprint density at radius 1 is 1.36 bits per heavy atom. The summed E-state index contributed by atoms with van der Waals surface area (Å²) in [4.78, 5) is 17.7. The van der Waals surface area contributed by atoms with Crippen molar-refractivity contribution in [1.82, 2.24) is 9.88 Å². The minimum Gasteiger partial charge on any atom is -0.383 e. The molecule has 2 heterocycles. The minimum absolute atomic E-state index is 0.00504. The molecule has 1 aliphatic heterocycles. The summed E-state index contributed by atoms with van der Waals surface area (Å²) in [5.74, 6) is -0.616. The summed E-state index contributed by atoms with van der Waals surface area (Å²) in [5.41, 5.74) is 7.44. The number of carbonyl (C=O) groups excluding carboxylic acids is 1. The minimum atomic E-state index is -1.01. The van der Waals surface area contributed by atoms with E-state index in [2.05, 4.69) is 28.1 Å². The zero-order valence-electron chi connectivity index (χ0n) is 12.5. The Morgan fingerprint density at radius 3 is 2.86 bits per heavy atom. The van der Waals surface area contributed by atoms with E-state index in [9.17, 15) is 9.90 Å². The summed E-state index contributed by atoms with van der Waals surface area (Å²) in [5, 5.41) is 10.9. The largest absolute Gasteiger partial charge is 0.383 e. The molecule has 3 rings (SSSR count). The summed E-state index contributed by atoms with van der Waals surface area (Å²) in [6.07, 6.45) is 2.41. The van der Waals surface area contributed by atoms with Crippen molar-refractivity contribution in [2.45, 2.75) is 25.5 Å². The van der Waals surface area contributed by atoms with Crippen LogP contribution in [0.3, 0.4) is 0 Å². The number of carbonyl (C=O) groups is 1. The molecule has 1 aliphatic rings. The van der Waals surface area contributed by atoms with Gasteiger partial charge in [-0.05, 0) is 55.6 Å². The molecule has 0 aliphatic carbocycles. The van der Waals surface area contributed by atoms with Gasteiger partial charge in [0, 0.05) is 18.1 Å². The molecule has 0 saturated carbocycles. The fourth-order valence-corrected chi connectivity index (χ4v) is 3.14. The Bertz CT molecular complexity index is 666. The summed E-state index contributed by atoms with van der Waals surface area (Å²) < 4.78 is 0. The normalized spacial score (nSPS) is 18.4. The molecular weight excluding hydrogens is 278 g/mol. The molecule has 1 fully saturated rings. The van der Waals surface area contributed by atoms with Crippen LogP contribution in [0.15, 0.2) is 36.5 Å². The summed E-state index contributed by atoms with van der Waals surface area (Å²) in [6, 6.07) is 10.4. The van der Waals surface area contributed by atoms with Crippen LogP contribution in [0.5, 0.6) is 0 Å². The lowest BCUT2D eigenvalue weighted by Crippen LogP contribution is -2.42. The highest BCUT2D eigenvalue weighted by Gasteiger charge is 2.28. The van der Waals surface area contributed by atoms with Gasteiger partial charge in [-0.3, -0.25) is 14.7 Å². The van der Waals surface area contributed by atoms with Gasteiger partial charge in [0.1, 0.15) is 6.10 Å². The Kier molecular flexibility index (Phi) is 4.36. The molecule has 1 aromatic heterocycles. The van der Waals surface area contributed by atoms with Crippen LogP contribution in [0.2, 0.25) is 0 Å². The highest BCUT2D eigenvalue weighted by molar-refractivity contribution is 5.79. The molecule has 0 unspecified atom stereocenters. The molecular formula is C17H21N3O2. The number of rotatable bonds is 4. The van der Waals surface area contributed by atoms with Crippen molar-refractivity contribution < 1.29 is 9.90 Å². The third-order valence-corrected chi connectivity index (χ3v) is 4.44. The first-order chi connectivity index (χ1) is 10.6. The van der Waals surface area contributed by atoms with E-state index in [4.69, 9.17) is 5.73 Å². The van der Waals surface area contributed by atoms with Gasteiger partial charge < -0.3 is 10.8 Å². The fourth-order valence-electron chi connectivity index (χ4n) is 3.14. The van der Waals surface area contributed by atoms with Gasteiger partial charge in [0.2, 0.25) is 5.91 Å². The number of piperidine rings is 1. The number of hydrogen-bond donors (Lipinski definition) is 2. The first-order valence-corrected chi connectivity index (χ1v) is 7.67. The SMILES string of the molecule is NC(=O)[C@H](O)C1CCN(Cc2ccc3ncccc3c2)CC1. The van der Waals surface area contributed by atoms with Gasteiger partial charge in [0.05, 0.1) is 5.52 Å². The van der Waals surface area contributed by atoms with Crippen LogP contribution in [-0.2, 0) is 11.3 Å². The molecule has 5 heteroatoms. The number of pyridine rings is 1. The topological polar surface area (TPSA) is 79.5 Å². The number of amides is 1. The Labute approximate surface area is 129 Å². The maximum absolute atomic E-state index is 11.0. The Hall–Kier alpha value is -1.98. The monoisotopic (exact) mass is 299 g/mol. The summed E-state index contributed by atoms with van der Waals surface area (Å²) in [6.45, 7) is 2.63. The number of benzene rings is 1. The quantitative estimate of drug-likeness (QED) is 0.891. The molecule has 1 atom stereocenters. The van der Waals surface area contributed by atoms with Crippen molar-refractivity contribution in [2.24, 2.45) is 11.7 Å². The van der Waals surface area contributed by atoms with Crippen molar-refractivity contribution in [2.75, 3.05) is 13.1 Å². The van der Waals surface area contributed by atoms with Gasteiger partial charge in [-0.2, -0.15) is 0 Å². The number of primary amides is 1. The van der Waals surface area contributed by atoms with E-state index in [-0.39, 0.29) is 5.92 Å². The molecule has 5 nitrogen and oxygen atoms in total. The van der Waals surface area contributed by atoms with Gasteiger partial charge in [-0.25, -0.2) is 0 Å². The number of hydrogen-bond acceptors (Lipinski definition) is 4. The molecule has 3 N–H and O–H groups in total. The number of fused-ring (bicyclic) bond motifs is 1. The van der Waals surface area contributed by atoms with Crippen LogP contribution in [0, 0.1) is 5.92 Å². The van der Waals surface area contributed by atoms with Crippen molar-refractivity contribution in [3.8, 4) is 0 Å². The third kappa shape index (κ3) is 3.26. The number of likely N-dealkylation sites (tertiary alicyclic amines) is 1. The molecule has 2 aromatic rings. The van der Waals surface area contributed by atoms with Gasteiger partial charge >= 0.3 is 0 Å². The van der Waals surface area contributed by atoms with E-state index in [1.807, 2.05) is 12.1 Å².